The molecule has 1 unspecified atom stereocenters. The summed E-state index contributed by atoms with van der Waals surface area (Å²) in [5, 5.41) is 9.44. The van der Waals surface area contributed by atoms with E-state index in [9.17, 15) is 4.79 Å². The molecule has 0 saturated carbocycles. The van der Waals surface area contributed by atoms with Crippen LogP contribution in [-0.2, 0) is 13.0 Å². The molecule has 5 nitrogen and oxygen atoms in total. The predicted octanol–water partition coefficient (Wildman–Crippen LogP) is 3.68. The van der Waals surface area contributed by atoms with Gasteiger partial charge in [0.25, 0.3) is 5.91 Å². The third-order valence-electron chi connectivity index (χ3n) is 5.32. The summed E-state index contributed by atoms with van der Waals surface area (Å²) in [5.41, 5.74) is 0.588. The molecule has 0 spiro atoms. The molecule has 132 valence electrons. The lowest BCUT2D eigenvalue weighted by molar-refractivity contribution is 0.0703. The van der Waals surface area contributed by atoms with Gasteiger partial charge in [0, 0.05) is 32.0 Å². The van der Waals surface area contributed by atoms with Crippen molar-refractivity contribution in [3.05, 3.63) is 46.5 Å². The Hall–Kier alpha value is -1.88. The summed E-state index contributed by atoms with van der Waals surface area (Å²) in [6, 6.07) is 7.29. The largest absolute Gasteiger partial charge is 0.338 e. The number of aromatic nitrogens is 3. The van der Waals surface area contributed by atoms with Crippen LogP contribution in [0.2, 0.25) is 5.02 Å². The molecule has 1 atom stereocenters. The first kappa shape index (κ1) is 16.6. The van der Waals surface area contributed by atoms with Crippen LogP contribution in [0.4, 0.5) is 0 Å². The quantitative estimate of drug-likeness (QED) is 0.822. The third kappa shape index (κ3) is 3.30. The summed E-state index contributed by atoms with van der Waals surface area (Å²) in [6.07, 6.45) is 6.70. The van der Waals surface area contributed by atoms with Crippen LogP contribution < -0.4 is 0 Å². The van der Waals surface area contributed by atoms with Crippen molar-refractivity contribution < 1.29 is 4.79 Å². The zero-order chi connectivity index (χ0) is 17.2. The van der Waals surface area contributed by atoms with Gasteiger partial charge in [-0.25, -0.2) is 0 Å². The second-order valence-corrected chi connectivity index (χ2v) is 7.41. The van der Waals surface area contributed by atoms with Crippen molar-refractivity contribution in [3.8, 4) is 0 Å². The second-order valence-electron chi connectivity index (χ2n) is 7.01. The SMILES string of the molecule is O=C(c1ccccc1Cl)N1CCCC(c2nnc3n2CCCCC3)C1. The van der Waals surface area contributed by atoms with Crippen molar-refractivity contribution in [2.24, 2.45) is 0 Å². The van der Waals surface area contributed by atoms with Gasteiger partial charge in [0.2, 0.25) is 0 Å². The van der Waals surface area contributed by atoms with E-state index in [0.717, 1.165) is 44.0 Å². The van der Waals surface area contributed by atoms with E-state index in [4.69, 9.17) is 11.6 Å². The number of piperidine rings is 1. The highest BCUT2D eigenvalue weighted by molar-refractivity contribution is 6.33. The zero-order valence-corrected chi connectivity index (χ0v) is 15.1. The van der Waals surface area contributed by atoms with Gasteiger partial charge in [-0.2, -0.15) is 0 Å². The normalized spacial score (nSPS) is 20.8. The summed E-state index contributed by atoms with van der Waals surface area (Å²) >= 11 is 6.21. The molecule has 1 aromatic heterocycles. The lowest BCUT2D eigenvalue weighted by Crippen LogP contribution is -2.40. The Morgan fingerprint density at radius 1 is 1.08 bits per heavy atom. The number of aryl methyl sites for hydroxylation is 1. The van der Waals surface area contributed by atoms with Crippen LogP contribution in [0.1, 0.15) is 60.0 Å². The first-order chi connectivity index (χ1) is 12.2. The minimum atomic E-state index is 0.0194. The number of carbonyl (C=O) groups excluding carboxylic acids is 1. The maximum atomic E-state index is 12.9. The smallest absolute Gasteiger partial charge is 0.255 e. The Morgan fingerprint density at radius 2 is 1.96 bits per heavy atom. The number of rotatable bonds is 2. The van der Waals surface area contributed by atoms with E-state index in [1.165, 1.54) is 19.3 Å². The summed E-state index contributed by atoms with van der Waals surface area (Å²) < 4.78 is 2.31. The number of fused-ring (bicyclic) bond motifs is 1. The van der Waals surface area contributed by atoms with Crippen molar-refractivity contribution >= 4 is 17.5 Å². The molecular weight excluding hydrogens is 336 g/mol. The topological polar surface area (TPSA) is 51.0 Å². The monoisotopic (exact) mass is 358 g/mol. The first-order valence-corrected chi connectivity index (χ1v) is 9.57. The van der Waals surface area contributed by atoms with Crippen molar-refractivity contribution in [1.82, 2.24) is 19.7 Å². The van der Waals surface area contributed by atoms with Gasteiger partial charge in [-0.1, -0.05) is 30.2 Å². The van der Waals surface area contributed by atoms with E-state index in [1.807, 2.05) is 17.0 Å². The van der Waals surface area contributed by atoms with Crippen molar-refractivity contribution in [2.75, 3.05) is 13.1 Å². The van der Waals surface area contributed by atoms with Gasteiger partial charge in [0.1, 0.15) is 11.6 Å². The molecule has 0 bridgehead atoms. The highest BCUT2D eigenvalue weighted by atomic mass is 35.5. The molecular formula is C19H23ClN4O. The van der Waals surface area contributed by atoms with E-state index in [2.05, 4.69) is 14.8 Å². The molecule has 1 fully saturated rings. The third-order valence-corrected chi connectivity index (χ3v) is 5.65. The molecule has 1 aromatic carbocycles. The average Bonchev–Trinajstić information content (AvgIpc) is 2.90. The van der Waals surface area contributed by atoms with E-state index in [0.29, 0.717) is 17.1 Å². The Kier molecular flexibility index (Phi) is 4.75. The minimum absolute atomic E-state index is 0.0194. The number of nitrogens with zero attached hydrogens (tertiary/aromatic N) is 4. The highest BCUT2D eigenvalue weighted by Gasteiger charge is 2.30. The number of carbonyl (C=O) groups is 1. The second kappa shape index (κ2) is 7.16. The molecule has 1 amide bonds. The van der Waals surface area contributed by atoms with E-state index in [1.54, 1.807) is 12.1 Å². The van der Waals surface area contributed by atoms with Gasteiger partial charge < -0.3 is 9.47 Å². The molecule has 25 heavy (non-hydrogen) atoms. The van der Waals surface area contributed by atoms with Crippen LogP contribution in [0.15, 0.2) is 24.3 Å². The van der Waals surface area contributed by atoms with Crippen molar-refractivity contribution in [3.63, 3.8) is 0 Å². The maximum absolute atomic E-state index is 12.9. The fourth-order valence-corrected chi connectivity index (χ4v) is 4.20. The first-order valence-electron chi connectivity index (χ1n) is 9.20. The number of halogens is 1. The molecule has 1 saturated heterocycles. The van der Waals surface area contributed by atoms with Gasteiger partial charge in [-0.15, -0.1) is 10.2 Å². The van der Waals surface area contributed by atoms with Crippen LogP contribution in [0.5, 0.6) is 0 Å². The Bertz CT molecular complexity index is 773. The van der Waals surface area contributed by atoms with E-state index >= 15 is 0 Å². The molecule has 0 aliphatic carbocycles. The number of hydrogen-bond acceptors (Lipinski definition) is 3. The summed E-state index contributed by atoms with van der Waals surface area (Å²) in [4.78, 5) is 14.8. The van der Waals surface area contributed by atoms with Crippen LogP contribution in [0, 0.1) is 0 Å². The number of hydrogen-bond donors (Lipinski definition) is 0. The fourth-order valence-electron chi connectivity index (χ4n) is 3.99. The van der Waals surface area contributed by atoms with Crippen LogP contribution in [0.3, 0.4) is 0 Å². The Morgan fingerprint density at radius 3 is 2.84 bits per heavy atom. The molecule has 2 aliphatic heterocycles. The van der Waals surface area contributed by atoms with Gasteiger partial charge >= 0.3 is 0 Å². The summed E-state index contributed by atoms with van der Waals surface area (Å²) in [7, 11) is 0. The highest BCUT2D eigenvalue weighted by Crippen LogP contribution is 2.29. The molecule has 4 rings (SSSR count). The average molecular weight is 359 g/mol. The lowest BCUT2D eigenvalue weighted by atomic mass is 9.96. The number of benzene rings is 1. The predicted molar refractivity (Wildman–Crippen MR) is 96.9 cm³/mol. The molecule has 0 radical (unpaired) electrons. The Labute approximate surface area is 153 Å². The molecule has 3 heterocycles. The zero-order valence-electron chi connectivity index (χ0n) is 14.3. The molecule has 0 N–H and O–H groups in total. The van der Waals surface area contributed by atoms with Crippen molar-refractivity contribution in [2.45, 2.75) is 51.0 Å². The van der Waals surface area contributed by atoms with Gasteiger partial charge in [0.05, 0.1) is 10.6 Å². The van der Waals surface area contributed by atoms with Crippen LogP contribution in [-0.4, -0.2) is 38.7 Å². The van der Waals surface area contributed by atoms with Crippen LogP contribution >= 0.6 is 11.6 Å². The summed E-state index contributed by atoms with van der Waals surface area (Å²) in [6.45, 7) is 2.48. The van der Waals surface area contributed by atoms with E-state index < -0.39 is 0 Å². The van der Waals surface area contributed by atoms with Gasteiger partial charge in [0.15, 0.2) is 0 Å². The molecule has 6 heteroatoms. The number of likely N-dealkylation sites (tertiary alicyclic amines) is 1. The molecule has 2 aliphatic rings. The Balaban J connectivity index is 1.55. The van der Waals surface area contributed by atoms with Crippen molar-refractivity contribution in [1.29, 1.82) is 0 Å². The maximum Gasteiger partial charge on any atom is 0.255 e. The fraction of sp³-hybridized carbons (Fsp3) is 0.526. The molecule has 2 aromatic rings. The van der Waals surface area contributed by atoms with E-state index in [-0.39, 0.29) is 11.8 Å². The van der Waals surface area contributed by atoms with Gasteiger partial charge in [-0.05, 0) is 37.8 Å². The van der Waals surface area contributed by atoms with Crippen LogP contribution in [0.25, 0.3) is 0 Å². The number of amides is 1. The minimum Gasteiger partial charge on any atom is -0.338 e. The summed E-state index contributed by atoms with van der Waals surface area (Å²) in [5.74, 6) is 2.46. The van der Waals surface area contributed by atoms with Gasteiger partial charge in [-0.3, -0.25) is 4.79 Å². The lowest BCUT2D eigenvalue weighted by Gasteiger charge is -2.32. The standard InChI is InChI=1S/C19H23ClN4O/c20-16-9-4-3-8-15(16)19(25)23-11-6-7-14(13-23)18-22-21-17-10-2-1-5-12-24(17)18/h3-4,8-9,14H,1-2,5-7,10-13H2.